The summed E-state index contributed by atoms with van der Waals surface area (Å²) in [6.07, 6.45) is -0.733. The maximum atomic E-state index is 10.9. The van der Waals surface area contributed by atoms with Gasteiger partial charge in [-0.1, -0.05) is 36.4 Å². The molecule has 1 saturated heterocycles. The van der Waals surface area contributed by atoms with E-state index in [-0.39, 0.29) is 12.2 Å². The first kappa shape index (κ1) is 25.0. The van der Waals surface area contributed by atoms with E-state index in [1.165, 1.54) is 54.1 Å². The molecule has 2 aromatic heterocycles. The zero-order valence-corrected chi connectivity index (χ0v) is 22.2. The molecule has 0 unspecified atom stereocenters. The lowest BCUT2D eigenvalue weighted by atomic mass is 10.2. The monoisotopic (exact) mass is 490 g/mol. The SMILES string of the molecule is Cc1c(C)n(C[C@@H](O)C[NH+]2CC[NH+](C[C@@H](O)Cn3c(C)c(C)c4ccccc43)CC2)c2ccccc12. The van der Waals surface area contributed by atoms with Gasteiger partial charge in [-0.3, -0.25) is 0 Å². The number of aromatic nitrogens is 2. The smallest absolute Gasteiger partial charge is 0.127 e. The summed E-state index contributed by atoms with van der Waals surface area (Å²) in [6, 6.07) is 17.0. The molecule has 3 heterocycles. The molecule has 5 rings (SSSR count). The lowest BCUT2D eigenvalue weighted by Gasteiger charge is -2.32. The van der Waals surface area contributed by atoms with Crippen LogP contribution in [-0.2, 0) is 13.1 Å². The molecule has 0 aliphatic carbocycles. The van der Waals surface area contributed by atoms with Crippen LogP contribution in [0.5, 0.6) is 0 Å². The van der Waals surface area contributed by atoms with E-state index in [1.54, 1.807) is 0 Å². The number of piperazine rings is 1. The summed E-state index contributed by atoms with van der Waals surface area (Å²) in [4.78, 5) is 2.93. The highest BCUT2D eigenvalue weighted by Crippen LogP contribution is 2.26. The Morgan fingerprint density at radius 3 is 1.39 bits per heavy atom. The molecule has 1 aliphatic heterocycles. The van der Waals surface area contributed by atoms with Crippen molar-refractivity contribution in [3.63, 3.8) is 0 Å². The Hall–Kier alpha value is -2.64. The summed E-state index contributed by atoms with van der Waals surface area (Å²) in [5.41, 5.74) is 7.53. The molecule has 192 valence electrons. The summed E-state index contributed by atoms with van der Waals surface area (Å²) < 4.78 is 4.56. The molecule has 1 fully saturated rings. The van der Waals surface area contributed by atoms with Crippen molar-refractivity contribution in [2.24, 2.45) is 0 Å². The van der Waals surface area contributed by atoms with Gasteiger partial charge in [-0.2, -0.15) is 0 Å². The normalized spacial score (nSPS) is 20.3. The number of rotatable bonds is 8. The van der Waals surface area contributed by atoms with Gasteiger partial charge >= 0.3 is 0 Å². The minimum absolute atomic E-state index is 0.366. The number of benzene rings is 2. The van der Waals surface area contributed by atoms with E-state index in [4.69, 9.17) is 0 Å². The third-order valence-electron chi connectivity index (χ3n) is 8.59. The van der Waals surface area contributed by atoms with Crippen LogP contribution in [0, 0.1) is 27.7 Å². The molecule has 0 bridgehead atoms. The van der Waals surface area contributed by atoms with Crippen LogP contribution in [0.25, 0.3) is 21.8 Å². The van der Waals surface area contributed by atoms with Gasteiger partial charge in [0.25, 0.3) is 0 Å². The van der Waals surface area contributed by atoms with Crippen LogP contribution in [0.2, 0.25) is 0 Å². The Labute approximate surface area is 214 Å². The van der Waals surface area contributed by atoms with Gasteiger partial charge in [-0.05, 0) is 51.0 Å². The minimum Gasteiger partial charge on any atom is -0.385 e. The van der Waals surface area contributed by atoms with Crippen LogP contribution in [0.15, 0.2) is 48.5 Å². The number of aliphatic hydroxyl groups excluding tert-OH is 2. The van der Waals surface area contributed by atoms with E-state index in [0.29, 0.717) is 13.1 Å². The molecule has 6 nitrogen and oxygen atoms in total. The lowest BCUT2D eigenvalue weighted by Crippen LogP contribution is -3.28. The number of nitrogens with one attached hydrogen (secondary N) is 2. The van der Waals surface area contributed by atoms with Gasteiger partial charge in [-0.15, -0.1) is 0 Å². The molecule has 2 atom stereocenters. The third-order valence-corrected chi connectivity index (χ3v) is 8.59. The number of para-hydroxylation sites is 2. The topological polar surface area (TPSA) is 59.2 Å². The van der Waals surface area contributed by atoms with Crippen molar-refractivity contribution in [3.05, 3.63) is 71.0 Å². The Kier molecular flexibility index (Phi) is 7.22. The van der Waals surface area contributed by atoms with E-state index in [1.807, 2.05) is 0 Å². The molecular weight excluding hydrogens is 448 g/mol. The van der Waals surface area contributed by atoms with E-state index < -0.39 is 0 Å². The largest absolute Gasteiger partial charge is 0.385 e. The summed E-state index contributed by atoms with van der Waals surface area (Å²) in [5, 5.41) is 24.5. The molecule has 4 aromatic rings. The van der Waals surface area contributed by atoms with Crippen LogP contribution >= 0.6 is 0 Å². The van der Waals surface area contributed by atoms with Crippen molar-refractivity contribution in [1.29, 1.82) is 0 Å². The van der Waals surface area contributed by atoms with Crippen molar-refractivity contribution in [2.45, 2.75) is 53.0 Å². The maximum absolute atomic E-state index is 10.9. The van der Waals surface area contributed by atoms with Crippen LogP contribution in [0.3, 0.4) is 0 Å². The number of aryl methyl sites for hydroxylation is 2. The number of fused-ring (bicyclic) bond motifs is 2. The fourth-order valence-electron chi connectivity index (χ4n) is 6.26. The first-order valence-corrected chi connectivity index (χ1v) is 13.5. The quantitative estimate of drug-likeness (QED) is 0.298. The van der Waals surface area contributed by atoms with E-state index in [9.17, 15) is 10.2 Å². The fraction of sp³-hybridized carbons (Fsp3) is 0.467. The van der Waals surface area contributed by atoms with Gasteiger partial charge in [0.2, 0.25) is 0 Å². The Morgan fingerprint density at radius 1 is 0.639 bits per heavy atom. The average molecular weight is 491 g/mol. The predicted octanol–water partition coefficient (Wildman–Crippen LogP) is 1.04. The van der Waals surface area contributed by atoms with Crippen molar-refractivity contribution in [1.82, 2.24) is 9.13 Å². The molecule has 0 amide bonds. The number of hydrogen-bond donors (Lipinski definition) is 4. The van der Waals surface area contributed by atoms with Gasteiger partial charge in [-0.25, -0.2) is 0 Å². The van der Waals surface area contributed by atoms with Gasteiger partial charge in [0.15, 0.2) is 0 Å². The summed E-state index contributed by atoms with van der Waals surface area (Å²) in [6.45, 7) is 15.6. The summed E-state index contributed by atoms with van der Waals surface area (Å²) in [5.74, 6) is 0. The molecular formula is C30H42N4O2+2. The van der Waals surface area contributed by atoms with E-state index in [2.05, 4.69) is 85.4 Å². The second-order valence-electron chi connectivity index (χ2n) is 10.9. The zero-order chi connectivity index (χ0) is 25.4. The Bertz CT molecular complexity index is 1240. The van der Waals surface area contributed by atoms with Gasteiger partial charge in [0.05, 0.1) is 13.1 Å². The average Bonchev–Trinajstić information content (AvgIpc) is 3.26. The Balaban J connectivity index is 1.13. The second kappa shape index (κ2) is 10.4. The number of nitrogens with zero attached hydrogens (tertiary/aromatic N) is 2. The van der Waals surface area contributed by atoms with E-state index in [0.717, 1.165) is 39.3 Å². The lowest BCUT2D eigenvalue weighted by molar-refractivity contribution is -1.01. The third kappa shape index (κ3) is 4.83. The highest BCUT2D eigenvalue weighted by Gasteiger charge is 2.27. The maximum Gasteiger partial charge on any atom is 0.127 e. The van der Waals surface area contributed by atoms with Crippen molar-refractivity contribution in [2.75, 3.05) is 39.3 Å². The fourth-order valence-corrected chi connectivity index (χ4v) is 6.26. The molecule has 6 heteroatoms. The zero-order valence-electron chi connectivity index (χ0n) is 22.2. The summed E-state index contributed by atoms with van der Waals surface area (Å²) in [7, 11) is 0. The molecule has 0 spiro atoms. The van der Waals surface area contributed by atoms with Crippen LogP contribution in [-0.4, -0.2) is 70.8 Å². The van der Waals surface area contributed by atoms with Gasteiger partial charge in [0, 0.05) is 33.2 Å². The van der Waals surface area contributed by atoms with Crippen LogP contribution in [0.1, 0.15) is 22.5 Å². The Morgan fingerprint density at radius 2 is 1.00 bits per heavy atom. The molecule has 2 aromatic carbocycles. The van der Waals surface area contributed by atoms with Crippen LogP contribution in [0.4, 0.5) is 0 Å². The van der Waals surface area contributed by atoms with E-state index >= 15 is 0 Å². The standard InChI is InChI=1S/C30H40N4O2/c1-21-23(3)33(29-11-7-5-9-27(21)29)19-25(35)17-31-13-15-32(16-14-31)18-26(36)20-34-24(4)22(2)28-10-6-8-12-30(28)34/h5-12,25-26,35-36H,13-20H2,1-4H3/p+2/t25-,26+. The number of quaternary nitrogens is 2. The van der Waals surface area contributed by atoms with Crippen molar-refractivity contribution >= 4 is 21.8 Å². The molecule has 1 aliphatic rings. The highest BCUT2D eigenvalue weighted by molar-refractivity contribution is 5.86. The van der Waals surface area contributed by atoms with Crippen molar-refractivity contribution < 1.29 is 20.0 Å². The highest BCUT2D eigenvalue weighted by atomic mass is 16.3. The number of hydrogen-bond acceptors (Lipinski definition) is 2. The molecule has 36 heavy (non-hydrogen) atoms. The molecule has 0 radical (unpaired) electrons. The number of aliphatic hydroxyl groups is 2. The minimum atomic E-state index is -0.366. The first-order chi connectivity index (χ1) is 17.3. The van der Waals surface area contributed by atoms with Gasteiger partial charge < -0.3 is 29.1 Å². The predicted molar refractivity (Wildman–Crippen MR) is 146 cm³/mol. The first-order valence-electron chi connectivity index (χ1n) is 13.5. The molecule has 4 N–H and O–H groups in total. The second-order valence-corrected chi connectivity index (χ2v) is 10.9. The molecule has 0 saturated carbocycles. The van der Waals surface area contributed by atoms with Gasteiger partial charge in [0.1, 0.15) is 51.5 Å². The van der Waals surface area contributed by atoms with Crippen molar-refractivity contribution in [3.8, 4) is 0 Å². The summed E-state index contributed by atoms with van der Waals surface area (Å²) >= 11 is 0. The van der Waals surface area contributed by atoms with Crippen LogP contribution < -0.4 is 9.80 Å².